The van der Waals surface area contributed by atoms with Gasteiger partial charge in [-0.3, -0.25) is 9.36 Å². The van der Waals surface area contributed by atoms with Crippen molar-refractivity contribution >= 4 is 40.4 Å². The minimum Gasteiger partial charge on any atom is -0.481 e. The first kappa shape index (κ1) is 13.3. The van der Waals surface area contributed by atoms with Gasteiger partial charge in [-0.25, -0.2) is 0 Å². The standard InChI is InChI=1S/C12H9N3O2S3/c16-10(17)7-20-12-14-13-11(9-2-1-4-19-9)15(12)8-3-5-18-6-8/h1-6H,7H2,(H,16,17). The Kier molecular flexibility index (Phi) is 3.86. The average molecular weight is 323 g/mol. The zero-order valence-corrected chi connectivity index (χ0v) is 12.5. The lowest BCUT2D eigenvalue weighted by molar-refractivity contribution is -0.133. The third-order valence-electron chi connectivity index (χ3n) is 2.46. The number of thiophene rings is 2. The largest absolute Gasteiger partial charge is 0.481 e. The Hall–Kier alpha value is -1.64. The van der Waals surface area contributed by atoms with Crippen LogP contribution in [-0.2, 0) is 4.79 Å². The van der Waals surface area contributed by atoms with Gasteiger partial charge in [-0.05, 0) is 22.9 Å². The number of carboxylic acids is 1. The number of rotatable bonds is 5. The van der Waals surface area contributed by atoms with Gasteiger partial charge in [-0.15, -0.1) is 21.5 Å². The van der Waals surface area contributed by atoms with Crippen LogP contribution < -0.4 is 0 Å². The summed E-state index contributed by atoms with van der Waals surface area (Å²) in [6, 6.07) is 5.90. The zero-order chi connectivity index (χ0) is 13.9. The van der Waals surface area contributed by atoms with Gasteiger partial charge in [-0.2, -0.15) is 11.3 Å². The van der Waals surface area contributed by atoms with E-state index < -0.39 is 5.97 Å². The molecule has 0 fully saturated rings. The maximum Gasteiger partial charge on any atom is 0.313 e. The van der Waals surface area contributed by atoms with E-state index >= 15 is 0 Å². The molecule has 0 saturated carbocycles. The smallest absolute Gasteiger partial charge is 0.313 e. The maximum atomic E-state index is 10.7. The van der Waals surface area contributed by atoms with E-state index in [1.54, 1.807) is 22.7 Å². The summed E-state index contributed by atoms with van der Waals surface area (Å²) < 4.78 is 1.90. The molecule has 0 atom stereocenters. The number of hydrogen-bond acceptors (Lipinski definition) is 6. The number of thioether (sulfide) groups is 1. The van der Waals surface area contributed by atoms with Crippen molar-refractivity contribution in [3.8, 4) is 16.4 Å². The number of carboxylic acid groups (broad SMARTS) is 1. The summed E-state index contributed by atoms with van der Waals surface area (Å²) in [7, 11) is 0. The van der Waals surface area contributed by atoms with Gasteiger partial charge >= 0.3 is 5.97 Å². The predicted molar refractivity (Wildman–Crippen MR) is 80.9 cm³/mol. The zero-order valence-electron chi connectivity index (χ0n) is 10.1. The number of aliphatic carboxylic acids is 1. The molecule has 3 heterocycles. The lowest BCUT2D eigenvalue weighted by Crippen LogP contribution is -2.02. The summed E-state index contributed by atoms with van der Waals surface area (Å²) in [4.78, 5) is 11.7. The fourth-order valence-corrected chi connectivity index (χ4v) is 3.66. The van der Waals surface area contributed by atoms with Crippen molar-refractivity contribution in [2.45, 2.75) is 5.16 Å². The molecule has 0 unspecified atom stereocenters. The Morgan fingerprint density at radius 2 is 2.25 bits per heavy atom. The Morgan fingerprint density at radius 3 is 2.90 bits per heavy atom. The molecule has 0 aromatic carbocycles. The normalized spacial score (nSPS) is 10.8. The van der Waals surface area contributed by atoms with Crippen LogP contribution in [0.1, 0.15) is 0 Å². The van der Waals surface area contributed by atoms with Crippen molar-refractivity contribution in [3.05, 3.63) is 34.3 Å². The molecule has 0 aliphatic carbocycles. The van der Waals surface area contributed by atoms with Crippen molar-refractivity contribution < 1.29 is 9.90 Å². The number of aromatic nitrogens is 3. The van der Waals surface area contributed by atoms with Crippen molar-refractivity contribution in [1.29, 1.82) is 0 Å². The Labute approximate surface area is 126 Å². The Morgan fingerprint density at radius 1 is 1.35 bits per heavy atom. The molecule has 3 rings (SSSR count). The number of carbonyl (C=O) groups is 1. The first-order valence-electron chi connectivity index (χ1n) is 5.62. The molecule has 0 aliphatic heterocycles. The van der Waals surface area contributed by atoms with Gasteiger partial charge in [0.25, 0.3) is 0 Å². The van der Waals surface area contributed by atoms with E-state index in [0.29, 0.717) is 5.16 Å². The molecule has 1 N–H and O–H groups in total. The van der Waals surface area contributed by atoms with E-state index in [-0.39, 0.29) is 5.75 Å². The van der Waals surface area contributed by atoms with Crippen molar-refractivity contribution in [2.75, 3.05) is 5.75 Å². The van der Waals surface area contributed by atoms with Crippen LogP contribution in [0.15, 0.2) is 39.5 Å². The predicted octanol–water partition coefficient (Wildman–Crippen LogP) is 3.23. The van der Waals surface area contributed by atoms with E-state index in [0.717, 1.165) is 16.4 Å². The molecule has 102 valence electrons. The minimum atomic E-state index is -0.868. The average Bonchev–Trinajstić information content (AvgIpc) is 3.15. The van der Waals surface area contributed by atoms with Gasteiger partial charge in [0.2, 0.25) is 0 Å². The molecule has 8 heteroatoms. The molecular formula is C12H9N3O2S3. The summed E-state index contributed by atoms with van der Waals surface area (Å²) in [5.41, 5.74) is 0.955. The monoisotopic (exact) mass is 323 g/mol. The summed E-state index contributed by atoms with van der Waals surface area (Å²) in [5.74, 6) is -0.161. The van der Waals surface area contributed by atoms with Crippen molar-refractivity contribution in [3.63, 3.8) is 0 Å². The van der Waals surface area contributed by atoms with E-state index in [4.69, 9.17) is 5.11 Å². The quantitative estimate of drug-likeness (QED) is 0.730. The van der Waals surface area contributed by atoms with Crippen molar-refractivity contribution in [1.82, 2.24) is 14.8 Å². The Balaban J connectivity index is 2.05. The first-order valence-corrected chi connectivity index (χ1v) is 8.43. The Bertz CT molecular complexity index is 704. The summed E-state index contributed by atoms with van der Waals surface area (Å²) in [5, 5.41) is 23.7. The molecule has 0 aliphatic rings. The molecule has 0 spiro atoms. The molecule has 0 bridgehead atoms. The fraction of sp³-hybridized carbons (Fsp3) is 0.0833. The molecule has 0 amide bonds. The molecule has 0 radical (unpaired) electrons. The third-order valence-corrected chi connectivity index (χ3v) is 4.91. The molecule has 0 saturated heterocycles. The number of nitrogens with zero attached hydrogens (tertiary/aromatic N) is 3. The molecule has 5 nitrogen and oxygen atoms in total. The highest BCUT2D eigenvalue weighted by Gasteiger charge is 2.17. The lowest BCUT2D eigenvalue weighted by Gasteiger charge is -2.06. The van der Waals surface area contributed by atoms with E-state index in [1.807, 2.05) is 38.9 Å². The highest BCUT2D eigenvalue weighted by molar-refractivity contribution is 7.99. The van der Waals surface area contributed by atoms with Crippen LogP contribution in [0.5, 0.6) is 0 Å². The van der Waals surface area contributed by atoms with Gasteiger partial charge < -0.3 is 5.11 Å². The third kappa shape index (κ3) is 2.62. The van der Waals surface area contributed by atoms with Gasteiger partial charge in [0, 0.05) is 5.38 Å². The summed E-state index contributed by atoms with van der Waals surface area (Å²) in [6.45, 7) is 0. The SMILES string of the molecule is O=C(O)CSc1nnc(-c2cccs2)n1-c1ccsc1. The lowest BCUT2D eigenvalue weighted by atomic mass is 10.4. The molecule has 20 heavy (non-hydrogen) atoms. The van der Waals surface area contributed by atoms with E-state index in [2.05, 4.69) is 10.2 Å². The van der Waals surface area contributed by atoms with Crippen LogP contribution in [0.25, 0.3) is 16.4 Å². The van der Waals surface area contributed by atoms with Gasteiger partial charge in [0.15, 0.2) is 11.0 Å². The highest BCUT2D eigenvalue weighted by atomic mass is 32.2. The first-order chi connectivity index (χ1) is 9.75. The van der Waals surface area contributed by atoms with E-state index in [1.165, 1.54) is 11.8 Å². The maximum absolute atomic E-state index is 10.7. The second-order valence-electron chi connectivity index (χ2n) is 3.78. The van der Waals surface area contributed by atoms with Crippen LogP contribution >= 0.6 is 34.4 Å². The number of hydrogen-bond donors (Lipinski definition) is 1. The molecular weight excluding hydrogens is 314 g/mol. The van der Waals surface area contributed by atoms with Crippen LogP contribution in [0.2, 0.25) is 0 Å². The van der Waals surface area contributed by atoms with Crippen LogP contribution in [0.4, 0.5) is 0 Å². The summed E-state index contributed by atoms with van der Waals surface area (Å²) >= 11 is 4.33. The second kappa shape index (κ2) is 5.78. The van der Waals surface area contributed by atoms with Gasteiger partial charge in [0.1, 0.15) is 0 Å². The minimum absolute atomic E-state index is 0.0350. The van der Waals surface area contributed by atoms with Crippen LogP contribution in [-0.4, -0.2) is 31.6 Å². The fourth-order valence-electron chi connectivity index (χ4n) is 1.67. The van der Waals surface area contributed by atoms with Crippen molar-refractivity contribution in [2.24, 2.45) is 0 Å². The highest BCUT2D eigenvalue weighted by Crippen LogP contribution is 2.30. The van der Waals surface area contributed by atoms with Crippen LogP contribution in [0, 0.1) is 0 Å². The van der Waals surface area contributed by atoms with E-state index in [9.17, 15) is 4.79 Å². The molecule has 3 aromatic rings. The summed E-state index contributed by atoms with van der Waals surface area (Å²) in [6.07, 6.45) is 0. The second-order valence-corrected chi connectivity index (χ2v) is 6.45. The van der Waals surface area contributed by atoms with Gasteiger partial charge in [-0.1, -0.05) is 17.8 Å². The molecule has 3 aromatic heterocycles. The van der Waals surface area contributed by atoms with Gasteiger partial charge in [0.05, 0.1) is 16.3 Å². The van der Waals surface area contributed by atoms with Crippen LogP contribution in [0.3, 0.4) is 0 Å². The topological polar surface area (TPSA) is 68.0 Å².